The summed E-state index contributed by atoms with van der Waals surface area (Å²) in [5, 5.41) is 0. The van der Waals surface area contributed by atoms with Crippen LogP contribution < -0.4 is 6.15 Å². The van der Waals surface area contributed by atoms with Gasteiger partial charge in [0.2, 0.25) is 6.17 Å². The second-order valence-corrected chi connectivity index (χ2v) is 6.87. The number of hydrogen-bond donors (Lipinski definition) is 2. The molecule has 0 aromatic heterocycles. The maximum Gasteiger partial charge on any atom is 0.384 e. The predicted octanol–water partition coefficient (Wildman–Crippen LogP) is 4.79. The molecule has 190 valence electrons. The molecule has 31 heavy (non-hydrogen) atoms. The third kappa shape index (κ3) is 4.91. The van der Waals surface area contributed by atoms with E-state index in [1.807, 2.05) is 0 Å². The molecule has 0 saturated heterocycles. The lowest BCUT2D eigenvalue weighted by molar-refractivity contribution is -0.412. The van der Waals surface area contributed by atoms with Crippen molar-refractivity contribution < 1.29 is 83.2 Å². The van der Waals surface area contributed by atoms with Crippen molar-refractivity contribution in [1.82, 2.24) is 6.15 Å². The average molecular weight is 527 g/mol. The molecule has 0 radical (unpaired) electrons. The zero-order valence-electron chi connectivity index (χ0n) is 13.8. The Bertz CT molecular complexity index is 712. The lowest BCUT2D eigenvalue weighted by atomic mass is 9.90. The van der Waals surface area contributed by atoms with Gasteiger partial charge in [0.05, 0.1) is 0 Å². The number of hydrogen-bond acceptors (Lipinski definition) is 3. The molecule has 0 aliphatic heterocycles. The zero-order valence-corrected chi connectivity index (χ0v) is 14.6. The first-order valence-electron chi connectivity index (χ1n) is 6.53. The largest absolute Gasteiger partial charge is 0.384 e. The van der Waals surface area contributed by atoms with Crippen molar-refractivity contribution in [2.24, 2.45) is 0 Å². The van der Waals surface area contributed by atoms with Crippen LogP contribution >= 0.6 is 0 Å². The Morgan fingerprint density at radius 1 is 0.581 bits per heavy atom. The quantitative estimate of drug-likeness (QED) is 0.316. The van der Waals surface area contributed by atoms with Crippen LogP contribution in [0.15, 0.2) is 0 Å². The highest BCUT2D eigenvalue weighted by Gasteiger charge is 2.89. The topological polar surface area (TPSA) is 89.4 Å². The highest BCUT2D eigenvalue weighted by Crippen LogP contribution is 2.59. The van der Waals surface area contributed by atoms with E-state index in [9.17, 15) is 78.7 Å². The standard InChI is InChI=1S/C10H6F16O3S.H3N/c11-1(2(12)4(14)15)3(13)6(17,18)8(21,22)10(25,26)9(23,24)7(19,20)5(16)30(27,28)29;/h1-5H,(H,27,28,29);1H3. The van der Waals surface area contributed by atoms with Crippen LogP contribution in [0.5, 0.6) is 0 Å². The molecule has 4 atom stereocenters. The molecule has 4 unspecified atom stereocenters. The Labute approximate surface area is 160 Å². The summed E-state index contributed by atoms with van der Waals surface area (Å²) in [6.45, 7) is 0. The molecule has 0 aliphatic carbocycles. The SMILES string of the molecule is N.O=S(=O)(O)C(F)C(F)(F)C(F)(F)C(F)(F)C(F)(F)C(F)(F)C(F)C(F)C(F)C(F)F. The number of alkyl halides is 16. The summed E-state index contributed by atoms with van der Waals surface area (Å²) in [4.78, 5) is 0. The summed E-state index contributed by atoms with van der Waals surface area (Å²) in [6.07, 6.45) is -20.3. The Morgan fingerprint density at radius 3 is 1.19 bits per heavy atom. The molecular formula is C10H9F16NO3S. The summed E-state index contributed by atoms with van der Waals surface area (Å²) < 4.78 is 235. The number of rotatable bonds is 10. The third-order valence-corrected chi connectivity index (χ3v) is 4.16. The Kier molecular flexibility index (Phi) is 9.21. The highest BCUT2D eigenvalue weighted by molar-refractivity contribution is 7.86. The Hall–Kier alpha value is -1.25. The van der Waals surface area contributed by atoms with E-state index >= 15 is 0 Å². The van der Waals surface area contributed by atoms with E-state index in [2.05, 4.69) is 0 Å². The zero-order chi connectivity index (χ0) is 24.9. The maximum absolute atomic E-state index is 13.3. The Balaban J connectivity index is 0. The molecular weight excluding hydrogens is 518 g/mol. The molecule has 4 nitrogen and oxygen atoms in total. The van der Waals surface area contributed by atoms with Crippen LogP contribution in [-0.2, 0) is 10.1 Å². The van der Waals surface area contributed by atoms with Crippen molar-refractivity contribution in [3.8, 4) is 0 Å². The van der Waals surface area contributed by atoms with Gasteiger partial charge >= 0.3 is 39.7 Å². The van der Waals surface area contributed by atoms with Crippen molar-refractivity contribution in [3.05, 3.63) is 0 Å². The minimum absolute atomic E-state index is 0. The fourth-order valence-corrected chi connectivity index (χ4v) is 2.14. The van der Waals surface area contributed by atoms with Crippen molar-refractivity contribution >= 4 is 10.1 Å². The van der Waals surface area contributed by atoms with Gasteiger partial charge in [0.1, 0.15) is 0 Å². The van der Waals surface area contributed by atoms with Crippen LogP contribution in [0.25, 0.3) is 0 Å². The molecule has 0 aliphatic rings. The summed E-state index contributed by atoms with van der Waals surface area (Å²) >= 11 is 0. The minimum Gasteiger partial charge on any atom is -0.344 e. The van der Waals surface area contributed by atoms with E-state index in [0.29, 0.717) is 0 Å². The predicted molar refractivity (Wildman–Crippen MR) is 66.9 cm³/mol. The van der Waals surface area contributed by atoms with Gasteiger partial charge in [-0.05, 0) is 0 Å². The lowest BCUT2D eigenvalue weighted by Crippen LogP contribution is -2.71. The van der Waals surface area contributed by atoms with E-state index < -0.39 is 70.2 Å². The average Bonchev–Trinajstić information content (AvgIpc) is 2.57. The van der Waals surface area contributed by atoms with Gasteiger partial charge in [0, 0.05) is 0 Å². The first-order chi connectivity index (χ1) is 12.8. The van der Waals surface area contributed by atoms with Crippen molar-refractivity contribution in [1.29, 1.82) is 0 Å². The molecule has 21 heteroatoms. The first-order valence-corrected chi connectivity index (χ1v) is 8.03. The summed E-state index contributed by atoms with van der Waals surface area (Å²) in [5.74, 6) is -39.9. The van der Waals surface area contributed by atoms with Gasteiger partial charge in [0.25, 0.3) is 11.9 Å². The molecule has 0 rings (SSSR count). The van der Waals surface area contributed by atoms with Crippen molar-refractivity contribution in [3.63, 3.8) is 0 Å². The van der Waals surface area contributed by atoms with Crippen LogP contribution in [0.2, 0.25) is 0 Å². The number of halogens is 16. The molecule has 0 heterocycles. The van der Waals surface area contributed by atoms with Crippen LogP contribution in [0.3, 0.4) is 0 Å². The third-order valence-electron chi connectivity index (χ3n) is 3.34. The van der Waals surface area contributed by atoms with Gasteiger partial charge in [-0.25, -0.2) is 26.3 Å². The van der Waals surface area contributed by atoms with E-state index in [4.69, 9.17) is 4.55 Å². The fraction of sp³-hybridized carbons (Fsp3) is 1.00. The van der Waals surface area contributed by atoms with Crippen molar-refractivity contribution in [2.45, 2.75) is 60.1 Å². The normalized spacial score (nSPS) is 18.9. The summed E-state index contributed by atoms with van der Waals surface area (Å²) in [5.41, 5.74) is -5.82. The molecule has 4 N–H and O–H groups in total. The summed E-state index contributed by atoms with van der Waals surface area (Å²) in [7, 11) is -7.06. The monoisotopic (exact) mass is 527 g/mol. The molecule has 0 aromatic carbocycles. The first kappa shape index (κ1) is 31.9. The molecule has 0 saturated carbocycles. The van der Waals surface area contributed by atoms with Gasteiger partial charge < -0.3 is 6.15 Å². The lowest BCUT2D eigenvalue weighted by Gasteiger charge is -2.40. The van der Waals surface area contributed by atoms with E-state index in [0.717, 1.165) is 0 Å². The molecule has 0 aromatic rings. The second-order valence-electron chi connectivity index (χ2n) is 5.43. The fourth-order valence-electron chi connectivity index (χ4n) is 1.62. The molecule has 0 bridgehead atoms. The maximum atomic E-state index is 13.3. The molecule has 0 fully saturated rings. The second kappa shape index (κ2) is 8.94. The van der Waals surface area contributed by atoms with E-state index in [1.165, 1.54) is 0 Å². The minimum atomic E-state index is -8.34. The van der Waals surface area contributed by atoms with Crippen LogP contribution in [0.4, 0.5) is 70.2 Å². The van der Waals surface area contributed by atoms with Crippen molar-refractivity contribution in [2.75, 3.05) is 0 Å². The van der Waals surface area contributed by atoms with E-state index in [-0.39, 0.29) is 6.15 Å². The van der Waals surface area contributed by atoms with Crippen LogP contribution in [0, 0.1) is 0 Å². The van der Waals surface area contributed by atoms with Crippen LogP contribution in [0.1, 0.15) is 0 Å². The highest BCUT2D eigenvalue weighted by atomic mass is 32.2. The molecule has 0 amide bonds. The smallest absolute Gasteiger partial charge is 0.344 e. The summed E-state index contributed by atoms with van der Waals surface area (Å²) in [6, 6.07) is 0. The van der Waals surface area contributed by atoms with Gasteiger partial charge in [-0.3, -0.25) is 4.55 Å². The van der Waals surface area contributed by atoms with Crippen LogP contribution in [-0.4, -0.2) is 73.0 Å². The van der Waals surface area contributed by atoms with Gasteiger partial charge in [-0.15, -0.1) is 0 Å². The van der Waals surface area contributed by atoms with E-state index in [1.54, 1.807) is 0 Å². The Morgan fingerprint density at radius 2 is 0.903 bits per heavy atom. The van der Waals surface area contributed by atoms with Gasteiger partial charge in [-0.1, -0.05) is 0 Å². The molecule has 0 spiro atoms. The van der Waals surface area contributed by atoms with Gasteiger partial charge in [-0.2, -0.15) is 52.3 Å². The van der Waals surface area contributed by atoms with Gasteiger partial charge in [0.15, 0.2) is 12.3 Å².